The topological polar surface area (TPSA) is 32.3 Å². The molecule has 2 aromatic rings. The van der Waals surface area contributed by atoms with E-state index in [1.165, 1.54) is 31.4 Å². The van der Waals surface area contributed by atoms with E-state index in [1.807, 2.05) is 44.2 Å². The fourth-order valence-corrected chi connectivity index (χ4v) is 3.28. The zero-order valence-corrected chi connectivity index (χ0v) is 14.6. The van der Waals surface area contributed by atoms with Crippen molar-refractivity contribution in [2.45, 2.75) is 39.5 Å². The molecule has 3 heteroatoms. The first-order valence-corrected chi connectivity index (χ1v) is 8.88. The van der Waals surface area contributed by atoms with Crippen LogP contribution in [0.25, 0.3) is 0 Å². The Morgan fingerprint density at radius 2 is 1.58 bits per heavy atom. The summed E-state index contributed by atoms with van der Waals surface area (Å²) in [5.74, 6) is -0.0428. The van der Waals surface area contributed by atoms with Crippen LogP contribution in [-0.2, 0) is 0 Å². The molecule has 1 aliphatic heterocycles. The first-order valence-electron chi connectivity index (χ1n) is 8.88. The predicted octanol–water partition coefficient (Wildman–Crippen LogP) is 4.94. The number of carbonyl (C=O) groups is 1. The molecular formula is C21H26N2O. The van der Waals surface area contributed by atoms with Crippen LogP contribution in [0.15, 0.2) is 42.5 Å². The molecule has 1 amide bonds. The van der Waals surface area contributed by atoms with E-state index in [4.69, 9.17) is 0 Å². The van der Waals surface area contributed by atoms with Crippen LogP contribution in [0.4, 0.5) is 11.4 Å². The lowest BCUT2D eigenvalue weighted by Crippen LogP contribution is -2.23. The molecule has 1 fully saturated rings. The molecular weight excluding hydrogens is 296 g/mol. The Morgan fingerprint density at radius 3 is 2.25 bits per heavy atom. The average Bonchev–Trinajstić information content (AvgIpc) is 2.87. The standard InChI is InChI=1S/C21H26N2O/c1-16-8-7-9-20(17(16)2)21(24)22-18-10-12-19(13-11-18)23-14-5-3-4-6-15-23/h7-13H,3-6,14-15H2,1-2H3,(H,22,24). The summed E-state index contributed by atoms with van der Waals surface area (Å²) < 4.78 is 0. The Balaban J connectivity index is 1.69. The van der Waals surface area contributed by atoms with Crippen LogP contribution in [0, 0.1) is 13.8 Å². The van der Waals surface area contributed by atoms with Crippen molar-refractivity contribution in [2.24, 2.45) is 0 Å². The van der Waals surface area contributed by atoms with Gasteiger partial charge in [0.25, 0.3) is 5.91 Å². The maximum atomic E-state index is 12.5. The summed E-state index contributed by atoms with van der Waals surface area (Å²) in [6.07, 6.45) is 5.21. The number of anilines is 2. The number of nitrogens with one attached hydrogen (secondary N) is 1. The molecule has 0 saturated carbocycles. The normalized spacial score (nSPS) is 15.0. The molecule has 0 bridgehead atoms. The van der Waals surface area contributed by atoms with E-state index in [2.05, 4.69) is 22.3 Å². The van der Waals surface area contributed by atoms with Gasteiger partial charge in [0.1, 0.15) is 0 Å². The largest absolute Gasteiger partial charge is 0.372 e. The van der Waals surface area contributed by atoms with Crippen LogP contribution in [0.3, 0.4) is 0 Å². The molecule has 0 atom stereocenters. The first-order chi connectivity index (χ1) is 11.6. The summed E-state index contributed by atoms with van der Waals surface area (Å²) in [7, 11) is 0. The maximum absolute atomic E-state index is 12.5. The summed E-state index contributed by atoms with van der Waals surface area (Å²) >= 11 is 0. The van der Waals surface area contributed by atoms with Crippen molar-refractivity contribution in [3.05, 3.63) is 59.2 Å². The van der Waals surface area contributed by atoms with Crippen molar-refractivity contribution >= 4 is 17.3 Å². The minimum Gasteiger partial charge on any atom is -0.372 e. The molecule has 0 unspecified atom stereocenters. The van der Waals surface area contributed by atoms with Crippen LogP contribution in [0.1, 0.15) is 47.2 Å². The highest BCUT2D eigenvalue weighted by molar-refractivity contribution is 6.05. The molecule has 1 heterocycles. The van der Waals surface area contributed by atoms with Gasteiger partial charge in [-0.3, -0.25) is 4.79 Å². The van der Waals surface area contributed by atoms with E-state index in [0.717, 1.165) is 35.5 Å². The smallest absolute Gasteiger partial charge is 0.255 e. The van der Waals surface area contributed by atoms with E-state index < -0.39 is 0 Å². The second kappa shape index (κ2) is 7.52. The first kappa shape index (κ1) is 16.6. The van der Waals surface area contributed by atoms with Crippen molar-refractivity contribution in [3.63, 3.8) is 0 Å². The Hall–Kier alpha value is -2.29. The van der Waals surface area contributed by atoms with Crippen molar-refractivity contribution in [2.75, 3.05) is 23.3 Å². The minimum absolute atomic E-state index is 0.0428. The number of rotatable bonds is 3. The molecule has 0 radical (unpaired) electrons. The van der Waals surface area contributed by atoms with E-state index in [9.17, 15) is 4.79 Å². The van der Waals surface area contributed by atoms with Gasteiger partial charge in [0.2, 0.25) is 0 Å². The van der Waals surface area contributed by atoms with E-state index in [0.29, 0.717) is 0 Å². The molecule has 0 spiro atoms. The van der Waals surface area contributed by atoms with Gasteiger partial charge in [-0.15, -0.1) is 0 Å². The minimum atomic E-state index is -0.0428. The molecule has 24 heavy (non-hydrogen) atoms. The van der Waals surface area contributed by atoms with Gasteiger partial charge in [-0.2, -0.15) is 0 Å². The SMILES string of the molecule is Cc1cccc(C(=O)Nc2ccc(N3CCCCCC3)cc2)c1C. The van der Waals surface area contributed by atoms with Gasteiger partial charge in [-0.05, 0) is 68.1 Å². The molecule has 3 rings (SSSR count). The Kier molecular flexibility index (Phi) is 5.19. The van der Waals surface area contributed by atoms with Crippen LogP contribution in [0.5, 0.6) is 0 Å². The molecule has 126 valence electrons. The second-order valence-electron chi connectivity index (χ2n) is 6.65. The molecule has 1 saturated heterocycles. The number of amides is 1. The van der Waals surface area contributed by atoms with Gasteiger partial charge in [0, 0.05) is 30.0 Å². The van der Waals surface area contributed by atoms with Gasteiger partial charge in [-0.25, -0.2) is 0 Å². The Morgan fingerprint density at radius 1 is 0.917 bits per heavy atom. The number of nitrogens with zero attached hydrogens (tertiary/aromatic N) is 1. The van der Waals surface area contributed by atoms with Gasteiger partial charge in [0.05, 0.1) is 0 Å². The maximum Gasteiger partial charge on any atom is 0.255 e. The van der Waals surface area contributed by atoms with Crippen molar-refractivity contribution in [3.8, 4) is 0 Å². The van der Waals surface area contributed by atoms with Gasteiger partial charge >= 0.3 is 0 Å². The molecule has 3 nitrogen and oxygen atoms in total. The number of hydrogen-bond acceptors (Lipinski definition) is 2. The third-order valence-corrected chi connectivity index (χ3v) is 4.95. The molecule has 0 aliphatic carbocycles. The third kappa shape index (κ3) is 3.78. The van der Waals surface area contributed by atoms with E-state index in [-0.39, 0.29) is 5.91 Å². The number of hydrogen-bond donors (Lipinski definition) is 1. The van der Waals surface area contributed by atoms with Gasteiger partial charge in [-0.1, -0.05) is 25.0 Å². The summed E-state index contributed by atoms with van der Waals surface area (Å²) in [5, 5.41) is 3.01. The second-order valence-corrected chi connectivity index (χ2v) is 6.65. The Labute approximate surface area is 144 Å². The Bertz CT molecular complexity index is 698. The monoisotopic (exact) mass is 322 g/mol. The lowest BCUT2D eigenvalue weighted by molar-refractivity contribution is 0.102. The van der Waals surface area contributed by atoms with E-state index in [1.54, 1.807) is 0 Å². The van der Waals surface area contributed by atoms with Crippen molar-refractivity contribution < 1.29 is 4.79 Å². The highest BCUT2D eigenvalue weighted by Gasteiger charge is 2.12. The summed E-state index contributed by atoms with van der Waals surface area (Å²) in [5.41, 5.74) is 5.02. The van der Waals surface area contributed by atoms with Gasteiger partial charge < -0.3 is 10.2 Å². The number of carbonyl (C=O) groups excluding carboxylic acids is 1. The third-order valence-electron chi connectivity index (χ3n) is 4.95. The zero-order chi connectivity index (χ0) is 16.9. The fourth-order valence-electron chi connectivity index (χ4n) is 3.28. The average molecular weight is 322 g/mol. The molecule has 1 aliphatic rings. The zero-order valence-electron chi connectivity index (χ0n) is 14.6. The number of benzene rings is 2. The van der Waals surface area contributed by atoms with Crippen LogP contribution in [0.2, 0.25) is 0 Å². The van der Waals surface area contributed by atoms with Crippen molar-refractivity contribution in [1.29, 1.82) is 0 Å². The molecule has 2 aromatic carbocycles. The summed E-state index contributed by atoms with van der Waals surface area (Å²) in [4.78, 5) is 14.9. The van der Waals surface area contributed by atoms with Crippen LogP contribution < -0.4 is 10.2 Å². The molecule has 1 N–H and O–H groups in total. The highest BCUT2D eigenvalue weighted by atomic mass is 16.1. The number of aryl methyl sites for hydroxylation is 1. The van der Waals surface area contributed by atoms with Crippen molar-refractivity contribution in [1.82, 2.24) is 0 Å². The lowest BCUT2D eigenvalue weighted by atomic mass is 10.0. The predicted molar refractivity (Wildman–Crippen MR) is 101 cm³/mol. The van der Waals surface area contributed by atoms with Crippen LogP contribution in [-0.4, -0.2) is 19.0 Å². The fraction of sp³-hybridized carbons (Fsp3) is 0.381. The quantitative estimate of drug-likeness (QED) is 0.868. The lowest BCUT2D eigenvalue weighted by Gasteiger charge is -2.22. The molecule has 0 aromatic heterocycles. The highest BCUT2D eigenvalue weighted by Crippen LogP contribution is 2.22. The van der Waals surface area contributed by atoms with Crippen LogP contribution >= 0.6 is 0 Å². The van der Waals surface area contributed by atoms with E-state index >= 15 is 0 Å². The van der Waals surface area contributed by atoms with Gasteiger partial charge in [0.15, 0.2) is 0 Å². The summed E-state index contributed by atoms with van der Waals surface area (Å²) in [6, 6.07) is 14.1. The summed E-state index contributed by atoms with van der Waals surface area (Å²) in [6.45, 7) is 6.29.